The smallest absolute Gasteiger partial charge is 0.315 e. The van der Waals surface area contributed by atoms with Crippen LogP contribution in [0.5, 0.6) is 0 Å². The standard InChI is InChI=1S/C24H22Cl2O2/c1-16(2)22(18-11-13-21(25)14-12-18)24(27)28-23(26)20-10-6-9-19(15-20)17-7-4-3-5-8-17/h3-16,22-23H,1-2H3/t22-,23?/m1/s1. The monoisotopic (exact) mass is 412 g/mol. The molecule has 0 aliphatic heterocycles. The fourth-order valence-electron chi connectivity index (χ4n) is 3.20. The van der Waals surface area contributed by atoms with Crippen molar-refractivity contribution in [2.24, 2.45) is 5.92 Å². The van der Waals surface area contributed by atoms with E-state index in [0.29, 0.717) is 5.02 Å². The van der Waals surface area contributed by atoms with Crippen molar-refractivity contribution in [3.8, 4) is 11.1 Å². The lowest BCUT2D eigenvalue weighted by Gasteiger charge is -2.22. The van der Waals surface area contributed by atoms with Gasteiger partial charge in [-0.1, -0.05) is 97.7 Å². The number of esters is 1. The van der Waals surface area contributed by atoms with E-state index in [1.807, 2.05) is 80.6 Å². The Morgan fingerprint density at radius 2 is 1.46 bits per heavy atom. The quantitative estimate of drug-likeness (QED) is 0.315. The number of ether oxygens (including phenoxy) is 1. The Balaban J connectivity index is 1.78. The SMILES string of the molecule is CC(C)[C@@H](C(=O)OC(Cl)c1cccc(-c2ccccc2)c1)c1ccc(Cl)cc1. The van der Waals surface area contributed by atoms with Gasteiger partial charge in [0.2, 0.25) is 5.56 Å². The van der Waals surface area contributed by atoms with Crippen molar-refractivity contribution in [1.82, 2.24) is 0 Å². The maximum atomic E-state index is 12.9. The molecule has 0 fully saturated rings. The molecule has 0 heterocycles. The third kappa shape index (κ3) is 4.95. The summed E-state index contributed by atoms with van der Waals surface area (Å²) >= 11 is 12.4. The summed E-state index contributed by atoms with van der Waals surface area (Å²) in [6.45, 7) is 3.97. The Bertz CT molecular complexity index is 921. The van der Waals surface area contributed by atoms with Crippen molar-refractivity contribution in [2.75, 3.05) is 0 Å². The van der Waals surface area contributed by atoms with Crippen molar-refractivity contribution in [2.45, 2.75) is 25.3 Å². The molecule has 0 bridgehead atoms. The predicted octanol–water partition coefficient (Wildman–Crippen LogP) is 7.23. The van der Waals surface area contributed by atoms with Crippen molar-refractivity contribution >= 4 is 29.2 Å². The van der Waals surface area contributed by atoms with Gasteiger partial charge in [0.25, 0.3) is 0 Å². The van der Waals surface area contributed by atoms with E-state index in [1.165, 1.54) is 0 Å². The molecule has 28 heavy (non-hydrogen) atoms. The van der Waals surface area contributed by atoms with Crippen molar-refractivity contribution in [1.29, 1.82) is 0 Å². The van der Waals surface area contributed by atoms with Crippen LogP contribution in [-0.4, -0.2) is 5.97 Å². The minimum Gasteiger partial charge on any atom is -0.441 e. The van der Waals surface area contributed by atoms with Crippen LogP contribution >= 0.6 is 23.2 Å². The fraction of sp³-hybridized carbons (Fsp3) is 0.208. The van der Waals surface area contributed by atoms with E-state index < -0.39 is 11.5 Å². The Morgan fingerprint density at radius 3 is 2.11 bits per heavy atom. The van der Waals surface area contributed by atoms with Crippen LogP contribution in [-0.2, 0) is 9.53 Å². The largest absolute Gasteiger partial charge is 0.441 e. The lowest BCUT2D eigenvalue weighted by atomic mass is 9.88. The molecule has 0 saturated heterocycles. The first-order chi connectivity index (χ1) is 13.5. The zero-order valence-corrected chi connectivity index (χ0v) is 17.3. The Kier molecular flexibility index (Phi) is 6.77. The Morgan fingerprint density at radius 1 is 0.821 bits per heavy atom. The number of hydrogen-bond acceptors (Lipinski definition) is 2. The third-order valence-electron chi connectivity index (χ3n) is 4.63. The second-order valence-electron chi connectivity index (χ2n) is 7.02. The first-order valence-corrected chi connectivity index (χ1v) is 10.0. The summed E-state index contributed by atoms with van der Waals surface area (Å²) < 4.78 is 5.63. The normalized spacial score (nSPS) is 13.2. The van der Waals surface area contributed by atoms with Crippen LogP contribution in [0.25, 0.3) is 11.1 Å². The number of benzene rings is 3. The molecule has 3 aromatic carbocycles. The van der Waals surface area contributed by atoms with Gasteiger partial charge in [-0.25, -0.2) is 0 Å². The molecule has 0 spiro atoms. The molecule has 0 saturated carbocycles. The summed E-state index contributed by atoms with van der Waals surface area (Å²) in [7, 11) is 0. The highest BCUT2D eigenvalue weighted by molar-refractivity contribution is 6.30. The van der Waals surface area contributed by atoms with Crippen LogP contribution in [0.4, 0.5) is 0 Å². The molecule has 0 aliphatic carbocycles. The van der Waals surface area contributed by atoms with E-state index in [1.54, 1.807) is 12.1 Å². The van der Waals surface area contributed by atoms with Crippen LogP contribution < -0.4 is 0 Å². The summed E-state index contributed by atoms with van der Waals surface area (Å²) in [6, 6.07) is 25.0. The average molecular weight is 413 g/mol. The molecule has 144 valence electrons. The Labute approximate surface area is 176 Å². The first kappa shape index (κ1) is 20.4. The van der Waals surface area contributed by atoms with Crippen LogP contribution in [0.3, 0.4) is 0 Å². The molecule has 0 aromatic heterocycles. The molecule has 0 aliphatic rings. The van der Waals surface area contributed by atoms with Crippen LogP contribution in [0.2, 0.25) is 5.02 Å². The number of alkyl halides is 1. The van der Waals surface area contributed by atoms with E-state index in [4.69, 9.17) is 27.9 Å². The molecule has 4 heteroatoms. The van der Waals surface area contributed by atoms with Gasteiger partial charge in [-0.2, -0.15) is 0 Å². The zero-order chi connectivity index (χ0) is 20.1. The summed E-state index contributed by atoms with van der Waals surface area (Å²) in [5.41, 5.74) is 2.87. The maximum absolute atomic E-state index is 12.9. The summed E-state index contributed by atoms with van der Waals surface area (Å²) in [5.74, 6) is -0.688. The van der Waals surface area contributed by atoms with Crippen molar-refractivity contribution in [3.05, 3.63) is 95.0 Å². The average Bonchev–Trinajstić information content (AvgIpc) is 2.70. The van der Waals surface area contributed by atoms with E-state index in [9.17, 15) is 4.79 Å². The number of hydrogen-bond donors (Lipinski definition) is 0. The molecule has 2 nitrogen and oxygen atoms in total. The van der Waals surface area contributed by atoms with E-state index >= 15 is 0 Å². The Hall–Kier alpha value is -2.29. The summed E-state index contributed by atoms with van der Waals surface area (Å²) in [6.07, 6.45) is 0. The molecule has 2 atom stereocenters. The first-order valence-electron chi connectivity index (χ1n) is 9.21. The number of halogens is 2. The van der Waals surface area contributed by atoms with Gasteiger partial charge in [0.05, 0.1) is 5.92 Å². The molecule has 0 N–H and O–H groups in total. The van der Waals surface area contributed by atoms with Gasteiger partial charge in [0, 0.05) is 10.6 Å². The van der Waals surface area contributed by atoms with E-state index in [0.717, 1.165) is 22.3 Å². The van der Waals surface area contributed by atoms with E-state index in [-0.39, 0.29) is 11.9 Å². The highest BCUT2D eigenvalue weighted by Crippen LogP contribution is 2.32. The highest BCUT2D eigenvalue weighted by atomic mass is 35.5. The number of rotatable bonds is 6. The van der Waals surface area contributed by atoms with Crippen LogP contribution in [0.15, 0.2) is 78.9 Å². The number of carbonyl (C=O) groups excluding carboxylic acids is 1. The number of carbonyl (C=O) groups is 1. The molecule has 3 rings (SSSR count). The van der Waals surface area contributed by atoms with Gasteiger partial charge in [0.1, 0.15) is 0 Å². The topological polar surface area (TPSA) is 26.3 Å². The van der Waals surface area contributed by atoms with Gasteiger partial charge >= 0.3 is 5.97 Å². The summed E-state index contributed by atoms with van der Waals surface area (Å²) in [5, 5.41) is 0.632. The molecule has 1 unspecified atom stereocenters. The minimum atomic E-state index is -0.857. The second kappa shape index (κ2) is 9.27. The third-order valence-corrected chi connectivity index (χ3v) is 5.22. The molecular formula is C24H22Cl2O2. The molecular weight excluding hydrogens is 391 g/mol. The van der Waals surface area contributed by atoms with Crippen molar-refractivity contribution < 1.29 is 9.53 Å². The van der Waals surface area contributed by atoms with Crippen LogP contribution in [0, 0.1) is 5.92 Å². The van der Waals surface area contributed by atoms with Gasteiger partial charge in [-0.3, -0.25) is 4.79 Å². The van der Waals surface area contributed by atoms with Gasteiger partial charge in [-0.05, 0) is 40.8 Å². The fourth-order valence-corrected chi connectivity index (χ4v) is 3.55. The van der Waals surface area contributed by atoms with Crippen LogP contribution in [0.1, 0.15) is 36.5 Å². The molecule has 0 radical (unpaired) electrons. The zero-order valence-electron chi connectivity index (χ0n) is 15.8. The second-order valence-corrected chi connectivity index (χ2v) is 7.85. The predicted molar refractivity (Wildman–Crippen MR) is 116 cm³/mol. The van der Waals surface area contributed by atoms with Gasteiger partial charge in [-0.15, -0.1) is 0 Å². The van der Waals surface area contributed by atoms with E-state index in [2.05, 4.69) is 0 Å². The molecule has 0 amide bonds. The summed E-state index contributed by atoms with van der Waals surface area (Å²) in [4.78, 5) is 12.9. The molecule has 3 aromatic rings. The van der Waals surface area contributed by atoms with Crippen molar-refractivity contribution in [3.63, 3.8) is 0 Å². The van der Waals surface area contributed by atoms with Gasteiger partial charge in [0.15, 0.2) is 0 Å². The van der Waals surface area contributed by atoms with Gasteiger partial charge < -0.3 is 4.74 Å². The highest BCUT2D eigenvalue weighted by Gasteiger charge is 2.28. The minimum absolute atomic E-state index is 0.0631. The maximum Gasteiger partial charge on any atom is 0.315 e. The lowest BCUT2D eigenvalue weighted by molar-refractivity contribution is -0.148. The lowest BCUT2D eigenvalue weighted by Crippen LogP contribution is -2.21.